The van der Waals surface area contributed by atoms with Gasteiger partial charge in [0.15, 0.2) is 5.01 Å². The summed E-state index contributed by atoms with van der Waals surface area (Å²) in [4.78, 5) is 29.0. The smallest absolute Gasteiger partial charge is 0.338 e. The molecule has 4 rings (SSSR count). The Morgan fingerprint density at radius 3 is 2.67 bits per heavy atom. The van der Waals surface area contributed by atoms with E-state index in [-0.39, 0.29) is 17.5 Å². The van der Waals surface area contributed by atoms with Gasteiger partial charge in [0.25, 0.3) is 5.91 Å². The van der Waals surface area contributed by atoms with Gasteiger partial charge in [-0.2, -0.15) is 0 Å². The van der Waals surface area contributed by atoms with Crippen LogP contribution in [0.1, 0.15) is 43.3 Å². The quantitative estimate of drug-likeness (QED) is 0.345. The van der Waals surface area contributed by atoms with Crippen molar-refractivity contribution in [3.05, 3.63) is 86.3 Å². The van der Waals surface area contributed by atoms with Crippen LogP contribution in [0, 0.1) is 0 Å². The number of rotatable bonds is 9. The maximum Gasteiger partial charge on any atom is 0.338 e. The first kappa shape index (κ1) is 22.6. The second-order valence-corrected chi connectivity index (χ2v) is 8.66. The molecule has 0 saturated carbocycles. The van der Waals surface area contributed by atoms with Crippen LogP contribution in [0.25, 0.3) is 0 Å². The Bertz CT molecular complexity index is 1220. The Kier molecular flexibility index (Phi) is 7.38. The van der Waals surface area contributed by atoms with Gasteiger partial charge in [0.1, 0.15) is 19.0 Å². The molecule has 1 N–H and O–H groups in total. The molecule has 0 aliphatic carbocycles. The average molecular weight is 481 g/mol. The molecule has 0 atom stereocenters. The molecule has 33 heavy (non-hydrogen) atoms. The Morgan fingerprint density at radius 1 is 1.06 bits per heavy atom. The summed E-state index contributed by atoms with van der Waals surface area (Å²) in [6.07, 6.45) is 0.927. The number of thiazole rings is 1. The average Bonchev–Trinajstić information content (AvgIpc) is 3.54. The van der Waals surface area contributed by atoms with Crippen LogP contribution in [-0.2, 0) is 24.4 Å². The van der Waals surface area contributed by atoms with E-state index >= 15 is 0 Å². The van der Waals surface area contributed by atoms with Crippen molar-refractivity contribution in [2.24, 2.45) is 0 Å². The minimum atomic E-state index is -0.522. The highest BCUT2D eigenvalue weighted by molar-refractivity contribution is 7.13. The third kappa shape index (κ3) is 6.21. The molecule has 0 fully saturated rings. The molecule has 2 heterocycles. The van der Waals surface area contributed by atoms with E-state index < -0.39 is 5.97 Å². The van der Waals surface area contributed by atoms with Crippen LogP contribution in [-0.4, -0.2) is 27.1 Å². The second-order valence-electron chi connectivity index (χ2n) is 6.88. The van der Waals surface area contributed by atoms with Gasteiger partial charge in [0.05, 0.1) is 16.8 Å². The lowest BCUT2D eigenvalue weighted by Gasteiger charge is -2.07. The summed E-state index contributed by atoms with van der Waals surface area (Å²) in [7, 11) is 0. The lowest BCUT2D eigenvalue weighted by Crippen LogP contribution is -2.11. The molecule has 0 unspecified atom stereocenters. The Hall–Kier alpha value is -3.63. The number of carbonyl (C=O) groups excluding carboxylic acids is 2. The van der Waals surface area contributed by atoms with Crippen molar-refractivity contribution in [3.8, 4) is 5.75 Å². The number of nitrogens with one attached hydrogen (secondary N) is 1. The van der Waals surface area contributed by atoms with Gasteiger partial charge < -0.3 is 14.8 Å². The van der Waals surface area contributed by atoms with Gasteiger partial charge in [0, 0.05) is 11.1 Å². The zero-order valence-corrected chi connectivity index (χ0v) is 19.3. The van der Waals surface area contributed by atoms with Crippen LogP contribution in [0.3, 0.4) is 0 Å². The standard InChI is InChI=1S/C23H20N4O4S2/c1-2-15-6-8-17(9-7-15)25-21(28)22-27-26-20(33-22)12-31-23(29)16-4-3-5-19(10-16)30-11-18-13-32-14-24-18/h3-10,13-14H,2,11-12H2,1H3,(H,25,28). The zero-order chi connectivity index (χ0) is 23.0. The maximum atomic E-state index is 12.4. The Labute approximate surface area is 198 Å². The minimum absolute atomic E-state index is 0.0844. The largest absolute Gasteiger partial charge is 0.487 e. The van der Waals surface area contributed by atoms with Gasteiger partial charge in [0.2, 0.25) is 5.01 Å². The van der Waals surface area contributed by atoms with Crippen LogP contribution in [0.5, 0.6) is 5.75 Å². The van der Waals surface area contributed by atoms with Crippen molar-refractivity contribution in [1.82, 2.24) is 15.2 Å². The van der Waals surface area contributed by atoms with Crippen LogP contribution >= 0.6 is 22.7 Å². The molecular weight excluding hydrogens is 460 g/mol. The summed E-state index contributed by atoms with van der Waals surface area (Å²) in [5.41, 5.74) is 4.77. The van der Waals surface area contributed by atoms with Gasteiger partial charge in [-0.3, -0.25) is 4.79 Å². The van der Waals surface area contributed by atoms with E-state index in [1.54, 1.807) is 29.8 Å². The number of benzene rings is 2. The fraction of sp³-hybridized carbons (Fsp3) is 0.174. The molecule has 1 amide bonds. The van der Waals surface area contributed by atoms with Gasteiger partial charge in [-0.25, -0.2) is 9.78 Å². The van der Waals surface area contributed by atoms with Crippen molar-refractivity contribution < 1.29 is 19.1 Å². The van der Waals surface area contributed by atoms with Crippen molar-refractivity contribution in [2.75, 3.05) is 5.32 Å². The van der Waals surface area contributed by atoms with Gasteiger partial charge >= 0.3 is 5.97 Å². The number of hydrogen-bond acceptors (Lipinski definition) is 9. The van der Waals surface area contributed by atoms with E-state index in [1.807, 2.05) is 29.6 Å². The number of ether oxygens (including phenoxy) is 2. The van der Waals surface area contributed by atoms with E-state index in [4.69, 9.17) is 9.47 Å². The van der Waals surface area contributed by atoms with Crippen LogP contribution in [0.15, 0.2) is 59.4 Å². The molecule has 4 aromatic rings. The summed E-state index contributed by atoms with van der Waals surface area (Å²) in [5.74, 6) is -0.343. The molecule has 2 aromatic heterocycles. The first-order valence-electron chi connectivity index (χ1n) is 10.1. The van der Waals surface area contributed by atoms with E-state index in [0.29, 0.717) is 28.6 Å². The molecule has 168 valence electrons. The number of hydrogen-bond donors (Lipinski definition) is 1. The highest BCUT2D eigenvalue weighted by atomic mass is 32.1. The zero-order valence-electron chi connectivity index (χ0n) is 17.7. The van der Waals surface area contributed by atoms with Crippen molar-refractivity contribution >= 4 is 40.2 Å². The van der Waals surface area contributed by atoms with Crippen molar-refractivity contribution in [1.29, 1.82) is 0 Å². The first-order valence-corrected chi connectivity index (χ1v) is 11.9. The van der Waals surface area contributed by atoms with Crippen LogP contribution < -0.4 is 10.1 Å². The number of aromatic nitrogens is 3. The molecular formula is C23H20N4O4S2. The topological polar surface area (TPSA) is 103 Å². The fourth-order valence-corrected chi connectivity index (χ4v) is 3.99. The summed E-state index contributed by atoms with van der Waals surface area (Å²) in [6, 6.07) is 14.3. The highest BCUT2D eigenvalue weighted by Gasteiger charge is 2.15. The molecule has 0 aliphatic heterocycles. The molecule has 10 heteroatoms. The van der Waals surface area contributed by atoms with E-state index in [9.17, 15) is 9.59 Å². The lowest BCUT2D eigenvalue weighted by molar-refractivity contribution is 0.0471. The Balaban J connectivity index is 1.30. The van der Waals surface area contributed by atoms with Gasteiger partial charge in [-0.15, -0.1) is 21.5 Å². The number of amides is 1. The maximum absolute atomic E-state index is 12.4. The number of aryl methyl sites for hydroxylation is 1. The predicted molar refractivity (Wildman–Crippen MR) is 126 cm³/mol. The molecule has 2 aromatic carbocycles. The normalized spacial score (nSPS) is 10.6. The minimum Gasteiger partial charge on any atom is -0.487 e. The molecule has 0 spiro atoms. The molecule has 8 nitrogen and oxygen atoms in total. The lowest BCUT2D eigenvalue weighted by atomic mass is 10.1. The second kappa shape index (κ2) is 10.8. The fourth-order valence-electron chi connectivity index (χ4n) is 2.80. The first-order chi connectivity index (χ1) is 16.1. The number of anilines is 1. The van der Waals surface area contributed by atoms with Gasteiger partial charge in [-0.05, 0) is 42.3 Å². The molecule has 0 aliphatic rings. The SMILES string of the molecule is CCc1ccc(NC(=O)c2nnc(COC(=O)c3cccc(OCc4cscn4)c3)s2)cc1. The third-order valence-corrected chi connectivity index (χ3v) is 6.08. The molecule has 0 bridgehead atoms. The van der Waals surface area contributed by atoms with E-state index in [1.165, 1.54) is 16.9 Å². The van der Waals surface area contributed by atoms with E-state index in [2.05, 4.69) is 27.4 Å². The predicted octanol–water partition coefficient (Wildman–Crippen LogP) is 4.75. The third-order valence-electron chi connectivity index (χ3n) is 4.55. The molecule has 0 saturated heterocycles. The van der Waals surface area contributed by atoms with Crippen molar-refractivity contribution in [2.45, 2.75) is 26.6 Å². The number of carbonyl (C=O) groups is 2. The highest BCUT2D eigenvalue weighted by Crippen LogP contribution is 2.18. The van der Waals surface area contributed by atoms with Gasteiger partial charge in [-0.1, -0.05) is 36.5 Å². The summed E-state index contributed by atoms with van der Waals surface area (Å²) in [6.45, 7) is 2.30. The molecule has 0 radical (unpaired) electrons. The Morgan fingerprint density at radius 2 is 1.91 bits per heavy atom. The monoisotopic (exact) mass is 480 g/mol. The summed E-state index contributed by atoms with van der Waals surface area (Å²) >= 11 is 2.56. The summed E-state index contributed by atoms with van der Waals surface area (Å²) < 4.78 is 11.0. The summed E-state index contributed by atoms with van der Waals surface area (Å²) in [5, 5.41) is 13.1. The van der Waals surface area contributed by atoms with E-state index in [0.717, 1.165) is 23.5 Å². The van der Waals surface area contributed by atoms with Crippen LogP contribution in [0.2, 0.25) is 0 Å². The number of nitrogens with zero attached hydrogens (tertiary/aromatic N) is 3. The van der Waals surface area contributed by atoms with Crippen molar-refractivity contribution in [3.63, 3.8) is 0 Å². The van der Waals surface area contributed by atoms with Crippen LogP contribution in [0.4, 0.5) is 5.69 Å². The number of esters is 1.